The van der Waals surface area contributed by atoms with E-state index >= 15 is 0 Å². The van der Waals surface area contributed by atoms with Crippen molar-refractivity contribution >= 4 is 5.78 Å². The monoisotopic (exact) mass is 295 g/mol. The van der Waals surface area contributed by atoms with Gasteiger partial charge < -0.3 is 4.74 Å². The van der Waals surface area contributed by atoms with Crippen LogP contribution in [0, 0.1) is 0 Å². The van der Waals surface area contributed by atoms with E-state index in [1.54, 1.807) is 0 Å². The number of carbonyl (C=O) groups is 1. The lowest BCUT2D eigenvalue weighted by Gasteiger charge is -2.36. The normalized spacial score (nSPS) is 20.5. The van der Waals surface area contributed by atoms with Crippen LogP contribution < -0.4 is 0 Å². The van der Waals surface area contributed by atoms with Gasteiger partial charge in [0.25, 0.3) is 0 Å². The molecule has 0 N–H and O–H groups in total. The van der Waals surface area contributed by atoms with Crippen LogP contribution in [-0.4, -0.2) is 36.5 Å². The Morgan fingerprint density at radius 2 is 1.73 bits per heavy atom. The standard InChI is InChI=1S/C19H21NO2/c1-15(16-8-4-2-5-9-16)20-12-13-22-18(14-20)19(21)17-10-6-3-7-11-17/h2-11,15,18H,12-14H2,1H3/t15-,18?/m1/s1. The second-order valence-corrected chi connectivity index (χ2v) is 5.67. The van der Waals surface area contributed by atoms with Gasteiger partial charge in [0.05, 0.1) is 6.61 Å². The highest BCUT2D eigenvalue weighted by atomic mass is 16.5. The van der Waals surface area contributed by atoms with Gasteiger partial charge in [-0.2, -0.15) is 0 Å². The molecule has 3 nitrogen and oxygen atoms in total. The fourth-order valence-corrected chi connectivity index (χ4v) is 2.91. The number of Topliss-reactive ketones (excluding diaryl/α,β-unsaturated/α-hetero) is 1. The van der Waals surface area contributed by atoms with Gasteiger partial charge >= 0.3 is 0 Å². The molecule has 1 heterocycles. The van der Waals surface area contributed by atoms with Crippen molar-refractivity contribution in [3.8, 4) is 0 Å². The summed E-state index contributed by atoms with van der Waals surface area (Å²) in [6.45, 7) is 4.28. The molecule has 1 saturated heterocycles. The lowest BCUT2D eigenvalue weighted by molar-refractivity contribution is -0.0283. The Morgan fingerprint density at radius 1 is 1.09 bits per heavy atom. The van der Waals surface area contributed by atoms with Crippen LogP contribution in [0.3, 0.4) is 0 Å². The van der Waals surface area contributed by atoms with Gasteiger partial charge in [-0.15, -0.1) is 0 Å². The Balaban J connectivity index is 1.70. The summed E-state index contributed by atoms with van der Waals surface area (Å²) in [5, 5.41) is 0. The van der Waals surface area contributed by atoms with Crippen molar-refractivity contribution in [2.45, 2.75) is 19.1 Å². The summed E-state index contributed by atoms with van der Waals surface area (Å²) < 4.78 is 5.72. The maximum atomic E-state index is 12.6. The second kappa shape index (κ2) is 6.86. The van der Waals surface area contributed by atoms with Crippen LogP contribution in [-0.2, 0) is 4.74 Å². The molecule has 0 saturated carbocycles. The first-order chi connectivity index (χ1) is 10.8. The largest absolute Gasteiger partial charge is 0.367 e. The molecule has 1 fully saturated rings. The number of carbonyl (C=O) groups excluding carboxylic acids is 1. The highest BCUT2D eigenvalue weighted by molar-refractivity contribution is 5.99. The molecule has 0 spiro atoms. The van der Waals surface area contributed by atoms with Crippen LogP contribution in [0.5, 0.6) is 0 Å². The number of ketones is 1. The molecule has 0 radical (unpaired) electrons. The molecule has 3 rings (SSSR count). The molecule has 2 aromatic rings. The maximum Gasteiger partial charge on any atom is 0.192 e. The summed E-state index contributed by atoms with van der Waals surface area (Å²) in [7, 11) is 0. The quantitative estimate of drug-likeness (QED) is 0.810. The van der Waals surface area contributed by atoms with Gasteiger partial charge in [0.15, 0.2) is 5.78 Å². The van der Waals surface area contributed by atoms with Crippen LogP contribution in [0.2, 0.25) is 0 Å². The molecule has 114 valence electrons. The number of hydrogen-bond acceptors (Lipinski definition) is 3. The molecule has 1 aliphatic rings. The van der Waals surface area contributed by atoms with Gasteiger partial charge in [0.1, 0.15) is 6.10 Å². The van der Waals surface area contributed by atoms with Gasteiger partial charge in [-0.25, -0.2) is 0 Å². The Kier molecular flexibility index (Phi) is 4.66. The van der Waals surface area contributed by atoms with Crippen molar-refractivity contribution in [1.29, 1.82) is 0 Å². The van der Waals surface area contributed by atoms with Crippen molar-refractivity contribution < 1.29 is 9.53 Å². The Bertz CT molecular complexity index is 612. The van der Waals surface area contributed by atoms with E-state index in [-0.39, 0.29) is 17.9 Å². The number of ether oxygens (including phenoxy) is 1. The van der Waals surface area contributed by atoms with Crippen molar-refractivity contribution in [2.24, 2.45) is 0 Å². The molecule has 0 aromatic heterocycles. The Morgan fingerprint density at radius 3 is 2.41 bits per heavy atom. The summed E-state index contributed by atoms with van der Waals surface area (Å²) in [6, 6.07) is 20.1. The maximum absolute atomic E-state index is 12.6. The van der Waals surface area contributed by atoms with Gasteiger partial charge in [-0.05, 0) is 12.5 Å². The number of nitrogens with zero attached hydrogens (tertiary/aromatic N) is 1. The fourth-order valence-electron chi connectivity index (χ4n) is 2.91. The van der Waals surface area contributed by atoms with Gasteiger partial charge in [0, 0.05) is 24.7 Å². The molecule has 0 aliphatic carbocycles. The first-order valence-corrected chi connectivity index (χ1v) is 7.75. The molecule has 0 amide bonds. The van der Waals surface area contributed by atoms with Crippen LogP contribution in [0.4, 0.5) is 0 Å². The van der Waals surface area contributed by atoms with E-state index in [2.05, 4.69) is 36.1 Å². The van der Waals surface area contributed by atoms with E-state index in [1.165, 1.54) is 5.56 Å². The molecule has 22 heavy (non-hydrogen) atoms. The summed E-state index contributed by atoms with van der Waals surface area (Å²) in [5.41, 5.74) is 2.00. The summed E-state index contributed by atoms with van der Waals surface area (Å²) in [5.74, 6) is 0.0746. The van der Waals surface area contributed by atoms with E-state index in [1.807, 2.05) is 36.4 Å². The number of rotatable bonds is 4. The third-order valence-corrected chi connectivity index (χ3v) is 4.28. The molecule has 2 aromatic carbocycles. The highest BCUT2D eigenvalue weighted by Crippen LogP contribution is 2.23. The molecule has 1 unspecified atom stereocenters. The smallest absolute Gasteiger partial charge is 0.192 e. The van der Waals surface area contributed by atoms with Crippen molar-refractivity contribution in [1.82, 2.24) is 4.90 Å². The van der Waals surface area contributed by atoms with E-state index < -0.39 is 0 Å². The molecule has 3 heteroatoms. The predicted octanol–water partition coefficient (Wildman–Crippen LogP) is 3.33. The van der Waals surface area contributed by atoms with Gasteiger partial charge in [-0.1, -0.05) is 60.7 Å². The van der Waals surface area contributed by atoms with Gasteiger partial charge in [0.2, 0.25) is 0 Å². The summed E-state index contributed by atoms with van der Waals surface area (Å²) in [4.78, 5) is 14.9. The molecular weight excluding hydrogens is 274 g/mol. The minimum absolute atomic E-state index is 0.0746. The highest BCUT2D eigenvalue weighted by Gasteiger charge is 2.29. The number of morpholine rings is 1. The molecule has 0 bridgehead atoms. The summed E-state index contributed by atoms with van der Waals surface area (Å²) in [6.07, 6.45) is -0.373. The zero-order chi connectivity index (χ0) is 15.4. The van der Waals surface area contributed by atoms with Crippen LogP contribution in [0.1, 0.15) is 28.9 Å². The molecule has 2 atom stereocenters. The predicted molar refractivity (Wildman–Crippen MR) is 86.9 cm³/mol. The zero-order valence-corrected chi connectivity index (χ0v) is 12.8. The van der Waals surface area contributed by atoms with E-state index in [0.29, 0.717) is 13.2 Å². The fraction of sp³-hybridized carbons (Fsp3) is 0.316. The van der Waals surface area contributed by atoms with E-state index in [4.69, 9.17) is 4.74 Å². The van der Waals surface area contributed by atoms with Crippen molar-refractivity contribution in [3.63, 3.8) is 0 Å². The first-order valence-electron chi connectivity index (χ1n) is 7.75. The zero-order valence-electron chi connectivity index (χ0n) is 12.8. The Hall–Kier alpha value is -1.97. The summed E-state index contributed by atoms with van der Waals surface area (Å²) >= 11 is 0. The molecule has 1 aliphatic heterocycles. The third-order valence-electron chi connectivity index (χ3n) is 4.28. The number of hydrogen-bond donors (Lipinski definition) is 0. The molecular formula is C19H21NO2. The van der Waals surface area contributed by atoms with E-state index in [0.717, 1.165) is 12.1 Å². The minimum atomic E-state index is -0.373. The third kappa shape index (κ3) is 3.26. The van der Waals surface area contributed by atoms with Gasteiger partial charge in [-0.3, -0.25) is 9.69 Å². The van der Waals surface area contributed by atoms with Crippen LogP contribution >= 0.6 is 0 Å². The first kappa shape index (κ1) is 14.9. The van der Waals surface area contributed by atoms with Crippen molar-refractivity contribution in [3.05, 3.63) is 71.8 Å². The van der Waals surface area contributed by atoms with Crippen molar-refractivity contribution in [2.75, 3.05) is 19.7 Å². The second-order valence-electron chi connectivity index (χ2n) is 5.67. The Labute approximate surface area is 131 Å². The van der Waals surface area contributed by atoms with E-state index in [9.17, 15) is 4.79 Å². The lowest BCUT2D eigenvalue weighted by atomic mass is 10.0. The number of benzene rings is 2. The SMILES string of the molecule is C[C@H](c1ccccc1)N1CCOC(C(=O)c2ccccc2)C1. The van der Waals surface area contributed by atoms with Crippen LogP contribution in [0.15, 0.2) is 60.7 Å². The average molecular weight is 295 g/mol. The lowest BCUT2D eigenvalue weighted by Crippen LogP contribution is -2.46. The minimum Gasteiger partial charge on any atom is -0.367 e. The topological polar surface area (TPSA) is 29.5 Å². The van der Waals surface area contributed by atoms with Crippen LogP contribution in [0.25, 0.3) is 0 Å². The average Bonchev–Trinajstić information content (AvgIpc) is 2.62.